The van der Waals surface area contributed by atoms with Crippen LogP contribution in [-0.4, -0.2) is 13.7 Å². The second kappa shape index (κ2) is 5.45. The van der Waals surface area contributed by atoms with Gasteiger partial charge in [-0.05, 0) is 71.8 Å². The zero-order chi connectivity index (χ0) is 14.2. The first-order valence-corrected chi connectivity index (χ1v) is 7.81. The average molecular weight is 326 g/mol. The monoisotopic (exact) mass is 325 g/mol. The lowest BCUT2D eigenvalue weighted by Crippen LogP contribution is -2.34. The molecule has 0 radical (unpaired) electrons. The Balaban J connectivity index is 2.70. The number of halogens is 1. The number of hydrogen-bond donors (Lipinski definition) is 1. The minimum Gasteiger partial charge on any atom is -0.495 e. The number of hydrogen-bond acceptors (Lipinski definition) is 2. The van der Waals surface area contributed by atoms with Crippen LogP contribution in [0.2, 0.25) is 0 Å². The summed E-state index contributed by atoms with van der Waals surface area (Å²) in [4.78, 5) is 0. The van der Waals surface area contributed by atoms with Gasteiger partial charge < -0.3 is 10.5 Å². The van der Waals surface area contributed by atoms with Gasteiger partial charge >= 0.3 is 0 Å². The predicted octanol–water partition coefficient (Wildman–Crippen LogP) is 4.15. The van der Waals surface area contributed by atoms with Crippen molar-refractivity contribution in [2.75, 3.05) is 13.7 Å². The highest BCUT2D eigenvalue weighted by Gasteiger charge is 2.38. The number of nitrogens with two attached hydrogens (primary N) is 1. The molecule has 106 valence electrons. The van der Waals surface area contributed by atoms with Crippen LogP contribution in [-0.2, 0) is 5.41 Å². The van der Waals surface area contributed by atoms with Gasteiger partial charge in [0.25, 0.3) is 0 Å². The Morgan fingerprint density at radius 3 is 2.16 bits per heavy atom. The molecule has 1 saturated carbocycles. The molecule has 2 rings (SSSR count). The molecule has 19 heavy (non-hydrogen) atoms. The van der Waals surface area contributed by atoms with Crippen molar-refractivity contribution >= 4 is 15.9 Å². The van der Waals surface area contributed by atoms with E-state index in [9.17, 15) is 0 Å². The summed E-state index contributed by atoms with van der Waals surface area (Å²) in [6, 6.07) is 0. The van der Waals surface area contributed by atoms with Crippen molar-refractivity contribution in [3.63, 3.8) is 0 Å². The lowest BCUT2D eigenvalue weighted by atomic mass is 9.74. The molecule has 0 aromatic heterocycles. The van der Waals surface area contributed by atoms with Crippen molar-refractivity contribution in [1.82, 2.24) is 0 Å². The third-order valence-corrected chi connectivity index (χ3v) is 5.82. The average Bonchev–Trinajstić information content (AvgIpc) is 2.87. The van der Waals surface area contributed by atoms with E-state index < -0.39 is 0 Å². The van der Waals surface area contributed by atoms with Crippen LogP contribution in [0.4, 0.5) is 0 Å². The molecule has 0 amide bonds. The van der Waals surface area contributed by atoms with E-state index in [0.29, 0.717) is 0 Å². The van der Waals surface area contributed by atoms with Crippen molar-refractivity contribution in [2.45, 2.75) is 51.9 Å². The van der Waals surface area contributed by atoms with E-state index in [1.54, 1.807) is 7.11 Å². The SMILES string of the molecule is COc1c(C)c(C)c(C2(CN)CCCC2)c(C)c1Br. The standard InChI is InChI=1S/C16H24BrNO/c1-10-11(2)15(19-4)14(17)12(3)13(10)16(9-18)7-5-6-8-16/h5-9,18H2,1-4H3. The zero-order valence-electron chi connectivity index (χ0n) is 12.4. The molecule has 2 N–H and O–H groups in total. The lowest BCUT2D eigenvalue weighted by molar-refractivity contribution is 0.404. The fourth-order valence-electron chi connectivity index (χ4n) is 3.73. The van der Waals surface area contributed by atoms with E-state index in [2.05, 4.69) is 36.7 Å². The summed E-state index contributed by atoms with van der Waals surface area (Å²) >= 11 is 3.71. The molecule has 0 unspecified atom stereocenters. The molecule has 1 fully saturated rings. The fourth-order valence-corrected chi connectivity index (χ4v) is 4.39. The minimum absolute atomic E-state index is 0.174. The fraction of sp³-hybridized carbons (Fsp3) is 0.625. The van der Waals surface area contributed by atoms with Crippen LogP contribution in [0, 0.1) is 20.8 Å². The van der Waals surface area contributed by atoms with E-state index >= 15 is 0 Å². The smallest absolute Gasteiger partial charge is 0.136 e. The first-order valence-electron chi connectivity index (χ1n) is 7.02. The van der Waals surface area contributed by atoms with Crippen LogP contribution in [0.1, 0.15) is 47.9 Å². The first-order chi connectivity index (χ1) is 8.98. The molecule has 0 bridgehead atoms. The van der Waals surface area contributed by atoms with Gasteiger partial charge in [-0.15, -0.1) is 0 Å². The summed E-state index contributed by atoms with van der Waals surface area (Å²) in [7, 11) is 1.74. The Morgan fingerprint density at radius 2 is 1.68 bits per heavy atom. The molecule has 0 saturated heterocycles. The Kier molecular flexibility index (Phi) is 4.26. The van der Waals surface area contributed by atoms with Gasteiger partial charge in [0.15, 0.2) is 0 Å². The van der Waals surface area contributed by atoms with E-state index in [1.807, 2.05) is 0 Å². The Morgan fingerprint density at radius 1 is 1.11 bits per heavy atom. The quantitative estimate of drug-likeness (QED) is 0.905. The summed E-state index contributed by atoms with van der Waals surface area (Å²) in [5.41, 5.74) is 11.7. The van der Waals surface area contributed by atoms with Crippen LogP contribution in [0.15, 0.2) is 4.47 Å². The van der Waals surface area contributed by atoms with Crippen molar-refractivity contribution < 1.29 is 4.74 Å². The number of rotatable bonds is 3. The normalized spacial score (nSPS) is 17.8. The van der Waals surface area contributed by atoms with Gasteiger partial charge in [0.1, 0.15) is 5.75 Å². The van der Waals surface area contributed by atoms with E-state index in [0.717, 1.165) is 16.8 Å². The maximum Gasteiger partial charge on any atom is 0.136 e. The van der Waals surface area contributed by atoms with E-state index in [4.69, 9.17) is 10.5 Å². The molecule has 0 heterocycles. The zero-order valence-corrected chi connectivity index (χ0v) is 14.0. The molecule has 0 spiro atoms. The second-order valence-corrected chi connectivity index (χ2v) is 6.58. The van der Waals surface area contributed by atoms with Gasteiger partial charge in [0, 0.05) is 12.0 Å². The summed E-state index contributed by atoms with van der Waals surface area (Å²) < 4.78 is 6.63. The summed E-state index contributed by atoms with van der Waals surface area (Å²) in [5, 5.41) is 0. The maximum absolute atomic E-state index is 6.16. The van der Waals surface area contributed by atoms with Crippen molar-refractivity contribution in [2.24, 2.45) is 5.73 Å². The van der Waals surface area contributed by atoms with Crippen LogP contribution < -0.4 is 10.5 Å². The number of methoxy groups -OCH3 is 1. The van der Waals surface area contributed by atoms with Crippen LogP contribution in [0.5, 0.6) is 5.75 Å². The van der Waals surface area contributed by atoms with Crippen LogP contribution >= 0.6 is 15.9 Å². The van der Waals surface area contributed by atoms with Gasteiger partial charge in [0.2, 0.25) is 0 Å². The molecule has 2 nitrogen and oxygen atoms in total. The minimum atomic E-state index is 0.174. The molecule has 1 aromatic rings. The topological polar surface area (TPSA) is 35.2 Å². The second-order valence-electron chi connectivity index (χ2n) is 5.79. The first kappa shape index (κ1) is 14.9. The molecule has 1 aliphatic carbocycles. The van der Waals surface area contributed by atoms with Gasteiger partial charge in [-0.3, -0.25) is 0 Å². The van der Waals surface area contributed by atoms with Crippen LogP contribution in [0.3, 0.4) is 0 Å². The van der Waals surface area contributed by atoms with Crippen LogP contribution in [0.25, 0.3) is 0 Å². The highest BCUT2D eigenvalue weighted by molar-refractivity contribution is 9.10. The van der Waals surface area contributed by atoms with Gasteiger partial charge in [-0.25, -0.2) is 0 Å². The molecule has 0 atom stereocenters. The summed E-state index contributed by atoms with van der Waals surface area (Å²) in [5.74, 6) is 0.962. The van der Waals surface area contributed by atoms with Gasteiger partial charge in [-0.1, -0.05) is 12.8 Å². The van der Waals surface area contributed by atoms with E-state index in [-0.39, 0.29) is 5.41 Å². The predicted molar refractivity (Wildman–Crippen MR) is 84.1 cm³/mol. The molecular formula is C16H24BrNO. The number of benzene rings is 1. The largest absolute Gasteiger partial charge is 0.495 e. The van der Waals surface area contributed by atoms with Gasteiger partial charge in [0.05, 0.1) is 11.6 Å². The molecule has 3 heteroatoms. The highest BCUT2D eigenvalue weighted by Crippen LogP contribution is 2.47. The Labute approximate surface area is 124 Å². The van der Waals surface area contributed by atoms with Crippen molar-refractivity contribution in [3.05, 3.63) is 26.7 Å². The van der Waals surface area contributed by atoms with Crippen molar-refractivity contribution in [1.29, 1.82) is 0 Å². The third kappa shape index (κ3) is 2.21. The molecule has 1 aromatic carbocycles. The molecular weight excluding hydrogens is 302 g/mol. The maximum atomic E-state index is 6.16. The Hall–Kier alpha value is -0.540. The van der Waals surface area contributed by atoms with Gasteiger partial charge in [-0.2, -0.15) is 0 Å². The summed E-state index contributed by atoms with van der Waals surface area (Å²) in [6.07, 6.45) is 5.00. The Bertz CT molecular complexity index is 461. The number of ether oxygens (including phenoxy) is 1. The lowest BCUT2D eigenvalue weighted by Gasteiger charge is -2.33. The molecule has 1 aliphatic rings. The van der Waals surface area contributed by atoms with Crippen molar-refractivity contribution in [3.8, 4) is 5.75 Å². The van der Waals surface area contributed by atoms with E-state index in [1.165, 1.54) is 47.9 Å². The molecule has 0 aliphatic heterocycles. The highest BCUT2D eigenvalue weighted by atomic mass is 79.9. The third-order valence-electron chi connectivity index (χ3n) is 4.87. The summed E-state index contributed by atoms with van der Waals surface area (Å²) in [6.45, 7) is 7.28.